The zero-order valence-electron chi connectivity index (χ0n) is 20.1. The Morgan fingerprint density at radius 3 is 2.63 bits per heavy atom. The van der Waals surface area contributed by atoms with Crippen LogP contribution in [0.25, 0.3) is 0 Å². The number of aryl methyl sites for hydroxylation is 2. The summed E-state index contributed by atoms with van der Waals surface area (Å²) in [7, 11) is 0. The SMILES string of the molecule is Cc1ccccc1Oc1nccnc1[C@@H]1CCCN(C(=O)c2ccccc2Cn2ccnc2C)C1. The smallest absolute Gasteiger partial charge is 0.254 e. The van der Waals surface area contributed by atoms with Crippen LogP contribution in [0, 0.1) is 13.8 Å². The van der Waals surface area contributed by atoms with E-state index in [0.29, 0.717) is 19.0 Å². The Morgan fingerprint density at radius 2 is 1.80 bits per heavy atom. The van der Waals surface area contributed by atoms with Gasteiger partial charge in [0.05, 0.1) is 0 Å². The van der Waals surface area contributed by atoms with Crippen molar-refractivity contribution < 1.29 is 9.53 Å². The van der Waals surface area contributed by atoms with Crippen LogP contribution in [-0.4, -0.2) is 43.4 Å². The lowest BCUT2D eigenvalue weighted by Crippen LogP contribution is -2.39. The lowest BCUT2D eigenvalue weighted by atomic mass is 9.93. The number of amides is 1. The minimum Gasteiger partial charge on any atom is -0.437 e. The highest BCUT2D eigenvalue weighted by Crippen LogP contribution is 2.34. The van der Waals surface area contributed by atoms with Crippen LogP contribution in [0.4, 0.5) is 0 Å². The molecule has 7 nitrogen and oxygen atoms in total. The molecule has 4 aromatic rings. The second-order valence-electron chi connectivity index (χ2n) is 8.96. The third-order valence-electron chi connectivity index (χ3n) is 6.60. The molecule has 7 heteroatoms. The molecule has 2 aromatic carbocycles. The Labute approximate surface area is 205 Å². The predicted molar refractivity (Wildman–Crippen MR) is 134 cm³/mol. The maximum atomic E-state index is 13.7. The number of hydrogen-bond donors (Lipinski definition) is 0. The van der Waals surface area contributed by atoms with Crippen molar-refractivity contribution in [2.75, 3.05) is 13.1 Å². The predicted octanol–water partition coefficient (Wildman–Crippen LogP) is 5.15. The maximum Gasteiger partial charge on any atom is 0.254 e. The number of imidazole rings is 1. The van der Waals surface area contributed by atoms with Crippen molar-refractivity contribution >= 4 is 5.91 Å². The second-order valence-corrected chi connectivity index (χ2v) is 8.96. The summed E-state index contributed by atoms with van der Waals surface area (Å²) in [5.74, 6) is 2.31. The maximum absolute atomic E-state index is 13.7. The van der Waals surface area contributed by atoms with E-state index in [2.05, 4.69) is 19.5 Å². The number of nitrogens with zero attached hydrogens (tertiary/aromatic N) is 5. The van der Waals surface area contributed by atoms with Crippen LogP contribution in [0.15, 0.2) is 73.3 Å². The molecule has 1 fully saturated rings. The molecule has 0 aliphatic carbocycles. The van der Waals surface area contributed by atoms with Crippen LogP contribution in [0.5, 0.6) is 11.6 Å². The van der Waals surface area contributed by atoms with Gasteiger partial charge in [0, 0.05) is 55.9 Å². The topological polar surface area (TPSA) is 73.1 Å². The van der Waals surface area contributed by atoms with Gasteiger partial charge in [0.15, 0.2) is 0 Å². The summed E-state index contributed by atoms with van der Waals surface area (Å²) in [4.78, 5) is 29.0. The van der Waals surface area contributed by atoms with Gasteiger partial charge >= 0.3 is 0 Å². The minimum atomic E-state index is 0.0494. The van der Waals surface area contributed by atoms with Gasteiger partial charge < -0.3 is 14.2 Å². The lowest BCUT2D eigenvalue weighted by molar-refractivity contribution is 0.0703. The monoisotopic (exact) mass is 467 g/mol. The quantitative estimate of drug-likeness (QED) is 0.392. The van der Waals surface area contributed by atoms with Gasteiger partial charge in [-0.2, -0.15) is 0 Å². The molecule has 2 aromatic heterocycles. The number of ether oxygens (including phenoxy) is 1. The lowest BCUT2D eigenvalue weighted by Gasteiger charge is -2.33. The zero-order chi connectivity index (χ0) is 24.2. The molecule has 0 bridgehead atoms. The number of para-hydroxylation sites is 1. The molecule has 0 unspecified atom stereocenters. The molecule has 0 spiro atoms. The summed E-state index contributed by atoms with van der Waals surface area (Å²) in [6, 6.07) is 15.7. The number of hydrogen-bond acceptors (Lipinski definition) is 5. The van der Waals surface area contributed by atoms with Crippen molar-refractivity contribution in [3.63, 3.8) is 0 Å². The fourth-order valence-electron chi connectivity index (χ4n) is 4.65. The van der Waals surface area contributed by atoms with E-state index >= 15 is 0 Å². The molecular weight excluding hydrogens is 438 g/mol. The molecular formula is C28H29N5O2. The van der Waals surface area contributed by atoms with Gasteiger partial charge in [-0.25, -0.2) is 9.97 Å². The number of piperidine rings is 1. The number of carbonyl (C=O) groups excluding carboxylic acids is 1. The third-order valence-corrected chi connectivity index (χ3v) is 6.60. The van der Waals surface area contributed by atoms with E-state index in [1.54, 1.807) is 18.6 Å². The van der Waals surface area contributed by atoms with Gasteiger partial charge in [0.25, 0.3) is 5.91 Å². The molecule has 35 heavy (non-hydrogen) atoms. The number of rotatable bonds is 6. The molecule has 1 amide bonds. The van der Waals surface area contributed by atoms with Gasteiger partial charge in [-0.05, 0) is 49.9 Å². The Kier molecular flexibility index (Phi) is 6.57. The fourth-order valence-corrected chi connectivity index (χ4v) is 4.65. The first kappa shape index (κ1) is 22.8. The Morgan fingerprint density at radius 1 is 1.00 bits per heavy atom. The molecule has 0 saturated carbocycles. The first-order chi connectivity index (χ1) is 17.1. The first-order valence-electron chi connectivity index (χ1n) is 12.0. The van der Waals surface area contributed by atoms with Crippen LogP contribution in [-0.2, 0) is 6.54 Å². The largest absolute Gasteiger partial charge is 0.437 e. The van der Waals surface area contributed by atoms with Gasteiger partial charge in [-0.15, -0.1) is 0 Å². The summed E-state index contributed by atoms with van der Waals surface area (Å²) >= 11 is 0. The minimum absolute atomic E-state index is 0.0494. The van der Waals surface area contributed by atoms with Crippen LogP contribution in [0.2, 0.25) is 0 Å². The van der Waals surface area contributed by atoms with Crippen molar-refractivity contribution in [2.45, 2.75) is 39.2 Å². The van der Waals surface area contributed by atoms with E-state index in [-0.39, 0.29) is 11.8 Å². The Balaban J connectivity index is 1.37. The van der Waals surface area contributed by atoms with Crippen molar-refractivity contribution in [1.82, 2.24) is 24.4 Å². The standard InChI is InChI=1S/C28H29N5O2/c1-20-8-3-6-12-25(20)35-27-26(30-13-14-31-27)23-10-7-16-33(19-23)28(34)24-11-5-4-9-22(24)18-32-17-15-29-21(32)2/h3-6,8-9,11-15,17,23H,7,10,16,18-19H2,1-2H3/t23-/m1/s1. The van der Waals surface area contributed by atoms with E-state index in [4.69, 9.17) is 4.74 Å². The Hall–Kier alpha value is -4.00. The van der Waals surface area contributed by atoms with E-state index < -0.39 is 0 Å². The van der Waals surface area contributed by atoms with Crippen LogP contribution in [0.3, 0.4) is 0 Å². The van der Waals surface area contributed by atoms with Gasteiger partial charge in [0.1, 0.15) is 17.3 Å². The molecule has 1 saturated heterocycles. The van der Waals surface area contributed by atoms with Gasteiger partial charge in [0.2, 0.25) is 5.88 Å². The molecule has 1 aliphatic rings. The van der Waals surface area contributed by atoms with Crippen LogP contribution < -0.4 is 4.74 Å². The van der Waals surface area contributed by atoms with Gasteiger partial charge in [-0.3, -0.25) is 9.78 Å². The average Bonchev–Trinajstić information content (AvgIpc) is 3.30. The molecule has 1 atom stereocenters. The Bertz CT molecular complexity index is 1330. The van der Waals surface area contributed by atoms with Crippen molar-refractivity contribution in [3.8, 4) is 11.6 Å². The molecule has 5 rings (SSSR count). The second kappa shape index (κ2) is 10.1. The van der Waals surface area contributed by atoms with Crippen molar-refractivity contribution in [3.05, 3.63) is 102 Å². The summed E-state index contributed by atoms with van der Waals surface area (Å²) < 4.78 is 8.23. The van der Waals surface area contributed by atoms with Crippen LogP contribution >= 0.6 is 0 Å². The molecule has 0 N–H and O–H groups in total. The number of benzene rings is 2. The molecule has 0 radical (unpaired) electrons. The van der Waals surface area contributed by atoms with E-state index in [0.717, 1.165) is 53.3 Å². The normalized spacial score (nSPS) is 15.7. The number of likely N-dealkylation sites (tertiary alicyclic amines) is 1. The van der Waals surface area contributed by atoms with E-state index in [9.17, 15) is 4.79 Å². The highest BCUT2D eigenvalue weighted by molar-refractivity contribution is 5.95. The van der Waals surface area contributed by atoms with Crippen molar-refractivity contribution in [2.24, 2.45) is 0 Å². The molecule has 178 valence electrons. The fraction of sp³-hybridized carbons (Fsp3) is 0.286. The summed E-state index contributed by atoms with van der Waals surface area (Å²) in [5, 5.41) is 0. The first-order valence-corrected chi connectivity index (χ1v) is 12.0. The summed E-state index contributed by atoms with van der Waals surface area (Å²) in [5.41, 5.74) is 3.56. The highest BCUT2D eigenvalue weighted by atomic mass is 16.5. The number of carbonyl (C=O) groups is 1. The summed E-state index contributed by atoms with van der Waals surface area (Å²) in [6.45, 7) is 5.90. The van der Waals surface area contributed by atoms with Gasteiger partial charge in [-0.1, -0.05) is 36.4 Å². The number of aromatic nitrogens is 4. The molecule has 3 heterocycles. The highest BCUT2D eigenvalue weighted by Gasteiger charge is 2.30. The van der Waals surface area contributed by atoms with E-state index in [1.807, 2.05) is 73.5 Å². The molecule has 1 aliphatic heterocycles. The van der Waals surface area contributed by atoms with E-state index in [1.165, 1.54) is 0 Å². The third kappa shape index (κ3) is 4.94. The van der Waals surface area contributed by atoms with Crippen molar-refractivity contribution in [1.29, 1.82) is 0 Å². The average molecular weight is 468 g/mol. The zero-order valence-corrected chi connectivity index (χ0v) is 20.1. The van der Waals surface area contributed by atoms with Crippen LogP contribution in [0.1, 0.15) is 51.8 Å². The summed E-state index contributed by atoms with van der Waals surface area (Å²) in [6.07, 6.45) is 8.91.